The molecule has 1 saturated heterocycles. The zero-order valence-electron chi connectivity index (χ0n) is 13.9. The van der Waals surface area contributed by atoms with E-state index < -0.39 is 0 Å². The van der Waals surface area contributed by atoms with E-state index in [0.29, 0.717) is 19.8 Å². The highest BCUT2D eigenvalue weighted by molar-refractivity contribution is 5.32. The van der Waals surface area contributed by atoms with E-state index in [-0.39, 0.29) is 6.10 Å². The van der Waals surface area contributed by atoms with Crippen LogP contribution in [0.15, 0.2) is 47.9 Å². The number of ether oxygens (including phenoxy) is 5. The molecule has 126 valence electrons. The van der Waals surface area contributed by atoms with Crippen molar-refractivity contribution in [2.45, 2.75) is 20.0 Å². The van der Waals surface area contributed by atoms with Crippen LogP contribution in [-0.4, -0.2) is 39.6 Å². The summed E-state index contributed by atoms with van der Waals surface area (Å²) in [6.45, 7) is 6.33. The van der Waals surface area contributed by atoms with Crippen LogP contribution in [-0.2, 0) is 14.2 Å². The van der Waals surface area contributed by atoms with Crippen molar-refractivity contribution < 1.29 is 23.7 Å². The highest BCUT2D eigenvalue weighted by atomic mass is 16.6. The molecule has 1 fully saturated rings. The van der Waals surface area contributed by atoms with E-state index in [1.165, 1.54) is 0 Å². The zero-order chi connectivity index (χ0) is 16.5. The van der Waals surface area contributed by atoms with Gasteiger partial charge in [-0.2, -0.15) is 0 Å². The van der Waals surface area contributed by atoms with Crippen LogP contribution in [0, 0.1) is 0 Å². The van der Waals surface area contributed by atoms with Gasteiger partial charge in [-0.25, -0.2) is 0 Å². The molecule has 5 nitrogen and oxygen atoms in total. The van der Waals surface area contributed by atoms with Gasteiger partial charge in [0.25, 0.3) is 0 Å². The van der Waals surface area contributed by atoms with Crippen molar-refractivity contribution in [3.8, 4) is 11.5 Å². The van der Waals surface area contributed by atoms with Gasteiger partial charge in [-0.1, -0.05) is 0 Å². The molecule has 2 rings (SSSR count). The van der Waals surface area contributed by atoms with Gasteiger partial charge in [0.05, 0.1) is 19.0 Å². The molecule has 1 unspecified atom stereocenters. The third-order valence-corrected chi connectivity index (χ3v) is 3.11. The predicted molar refractivity (Wildman–Crippen MR) is 87.6 cm³/mol. The molecule has 1 aliphatic rings. The normalized spacial score (nSPS) is 17.8. The minimum absolute atomic E-state index is 0.268. The largest absolute Gasteiger partial charge is 0.495 e. The SMILES string of the molecule is COCCOc1ccc(O/C(C)=C/C=C(\C)OCC2CO2)cc1. The minimum Gasteiger partial charge on any atom is -0.495 e. The van der Waals surface area contributed by atoms with Gasteiger partial charge < -0.3 is 23.7 Å². The summed E-state index contributed by atoms with van der Waals surface area (Å²) in [6.07, 6.45) is 4.04. The monoisotopic (exact) mass is 320 g/mol. The highest BCUT2D eigenvalue weighted by Gasteiger charge is 2.22. The van der Waals surface area contributed by atoms with Gasteiger partial charge in [0, 0.05) is 7.11 Å². The molecule has 1 aliphatic heterocycles. The number of epoxide rings is 1. The Balaban J connectivity index is 1.77. The summed E-state index contributed by atoms with van der Waals surface area (Å²) in [5.74, 6) is 3.17. The van der Waals surface area contributed by atoms with E-state index in [2.05, 4.69) is 0 Å². The van der Waals surface area contributed by atoms with Gasteiger partial charge >= 0.3 is 0 Å². The predicted octanol–water partition coefficient (Wildman–Crippen LogP) is 3.31. The summed E-state index contributed by atoms with van der Waals surface area (Å²) in [5.41, 5.74) is 0. The topological polar surface area (TPSA) is 49.5 Å². The Morgan fingerprint density at radius 3 is 2.39 bits per heavy atom. The Morgan fingerprint density at radius 2 is 1.74 bits per heavy atom. The molecule has 0 spiro atoms. The van der Waals surface area contributed by atoms with Crippen LogP contribution in [0.5, 0.6) is 11.5 Å². The molecule has 0 amide bonds. The Bertz CT molecular complexity index is 529. The quantitative estimate of drug-likeness (QED) is 0.286. The fourth-order valence-corrected chi connectivity index (χ4v) is 1.74. The lowest BCUT2D eigenvalue weighted by Crippen LogP contribution is -2.04. The molecule has 0 radical (unpaired) electrons. The molecule has 1 heterocycles. The summed E-state index contributed by atoms with van der Waals surface area (Å²) >= 11 is 0. The number of allylic oxidation sites excluding steroid dienone is 4. The van der Waals surface area contributed by atoms with E-state index in [1.807, 2.05) is 50.3 Å². The second kappa shape index (κ2) is 9.22. The maximum Gasteiger partial charge on any atom is 0.127 e. The van der Waals surface area contributed by atoms with Crippen LogP contribution < -0.4 is 9.47 Å². The van der Waals surface area contributed by atoms with E-state index in [1.54, 1.807) is 7.11 Å². The summed E-state index contributed by atoms with van der Waals surface area (Å²) in [4.78, 5) is 0. The van der Waals surface area contributed by atoms with Crippen LogP contribution in [0.2, 0.25) is 0 Å². The van der Waals surface area contributed by atoms with E-state index in [0.717, 1.165) is 29.6 Å². The average molecular weight is 320 g/mol. The molecule has 0 N–H and O–H groups in total. The third-order valence-electron chi connectivity index (χ3n) is 3.11. The fourth-order valence-electron chi connectivity index (χ4n) is 1.74. The number of hydrogen-bond acceptors (Lipinski definition) is 5. The van der Waals surface area contributed by atoms with Crippen molar-refractivity contribution in [2.24, 2.45) is 0 Å². The van der Waals surface area contributed by atoms with Crippen LogP contribution >= 0.6 is 0 Å². The minimum atomic E-state index is 0.268. The van der Waals surface area contributed by atoms with Crippen LogP contribution in [0.25, 0.3) is 0 Å². The Kier molecular flexibility index (Phi) is 6.97. The molecular weight excluding hydrogens is 296 g/mol. The summed E-state index contributed by atoms with van der Waals surface area (Å²) < 4.78 is 26.8. The van der Waals surface area contributed by atoms with Gasteiger partial charge in [0.1, 0.15) is 36.6 Å². The van der Waals surface area contributed by atoms with Gasteiger partial charge in [-0.05, 0) is 50.3 Å². The van der Waals surface area contributed by atoms with Crippen molar-refractivity contribution in [1.29, 1.82) is 0 Å². The van der Waals surface area contributed by atoms with E-state index in [9.17, 15) is 0 Å². The second-order valence-electron chi connectivity index (χ2n) is 5.24. The smallest absolute Gasteiger partial charge is 0.127 e. The Hall–Kier alpha value is -1.98. The lowest BCUT2D eigenvalue weighted by Gasteiger charge is -2.08. The van der Waals surface area contributed by atoms with Crippen molar-refractivity contribution >= 4 is 0 Å². The van der Waals surface area contributed by atoms with E-state index >= 15 is 0 Å². The molecule has 0 aliphatic carbocycles. The molecule has 0 aromatic heterocycles. The number of benzene rings is 1. The molecule has 0 saturated carbocycles. The summed E-state index contributed by atoms with van der Waals surface area (Å²) in [5, 5.41) is 0. The number of rotatable bonds is 10. The molecular formula is C18H24O5. The fraction of sp³-hybridized carbons (Fsp3) is 0.444. The summed E-state index contributed by atoms with van der Waals surface area (Å²) in [7, 11) is 1.65. The molecule has 0 bridgehead atoms. The van der Waals surface area contributed by atoms with Crippen molar-refractivity contribution in [2.75, 3.05) is 33.5 Å². The molecule has 1 aromatic rings. The first-order valence-corrected chi connectivity index (χ1v) is 7.66. The van der Waals surface area contributed by atoms with Crippen LogP contribution in [0.3, 0.4) is 0 Å². The lowest BCUT2D eigenvalue weighted by atomic mass is 10.3. The standard InChI is InChI=1S/C18H24O5/c1-14(21-12-18-13-22-18)4-5-15(2)23-17-8-6-16(7-9-17)20-11-10-19-3/h4-9,18H,10-13H2,1-3H3/b14-4+,15-5+. The number of hydrogen-bond donors (Lipinski definition) is 0. The third kappa shape index (κ3) is 7.21. The molecule has 1 aromatic carbocycles. The van der Waals surface area contributed by atoms with Gasteiger partial charge in [-0.3, -0.25) is 0 Å². The van der Waals surface area contributed by atoms with Crippen LogP contribution in [0.1, 0.15) is 13.8 Å². The Labute approximate surface area is 137 Å². The van der Waals surface area contributed by atoms with Gasteiger partial charge in [0.2, 0.25) is 0 Å². The lowest BCUT2D eigenvalue weighted by molar-refractivity contribution is 0.146. The first-order valence-electron chi connectivity index (χ1n) is 7.66. The first kappa shape index (κ1) is 17.4. The Morgan fingerprint density at radius 1 is 1.09 bits per heavy atom. The zero-order valence-corrected chi connectivity index (χ0v) is 13.9. The van der Waals surface area contributed by atoms with Gasteiger partial charge in [-0.15, -0.1) is 0 Å². The second-order valence-corrected chi connectivity index (χ2v) is 5.24. The number of methoxy groups -OCH3 is 1. The maximum absolute atomic E-state index is 5.74. The van der Waals surface area contributed by atoms with Crippen molar-refractivity contribution in [3.63, 3.8) is 0 Å². The summed E-state index contributed by atoms with van der Waals surface area (Å²) in [6, 6.07) is 7.49. The van der Waals surface area contributed by atoms with Crippen LogP contribution in [0.4, 0.5) is 0 Å². The highest BCUT2D eigenvalue weighted by Crippen LogP contribution is 2.19. The molecule has 1 atom stereocenters. The first-order chi connectivity index (χ1) is 11.2. The molecule has 5 heteroatoms. The van der Waals surface area contributed by atoms with Crippen molar-refractivity contribution in [3.05, 3.63) is 47.9 Å². The van der Waals surface area contributed by atoms with Gasteiger partial charge in [0.15, 0.2) is 0 Å². The average Bonchev–Trinajstić information content (AvgIpc) is 3.37. The molecule has 23 heavy (non-hydrogen) atoms. The maximum atomic E-state index is 5.74. The van der Waals surface area contributed by atoms with E-state index in [4.69, 9.17) is 23.7 Å². The van der Waals surface area contributed by atoms with Crippen molar-refractivity contribution in [1.82, 2.24) is 0 Å².